The number of carboxylic acids is 1. The van der Waals surface area contributed by atoms with Crippen molar-refractivity contribution < 1.29 is 23.1 Å². The Bertz CT molecular complexity index is 851. The third kappa shape index (κ3) is 3.48. The standard InChI is InChI=1S/C19H26N2O5S/c1-12(2)20(3)27(25,26)15-8-4-6-13(10-15)18(22)21-11-14-7-5-9-16(14)17(21)19(23)24/h4,6,8,10,12,14,16-17H,5,7,9,11H2,1-3H3,(H,23,24). The van der Waals surface area contributed by atoms with Crippen LogP contribution in [0.3, 0.4) is 0 Å². The summed E-state index contributed by atoms with van der Waals surface area (Å²) in [6.45, 7) is 3.96. The van der Waals surface area contributed by atoms with E-state index >= 15 is 0 Å². The summed E-state index contributed by atoms with van der Waals surface area (Å²) < 4.78 is 26.7. The number of nitrogens with zero attached hydrogens (tertiary/aromatic N) is 2. The highest BCUT2D eigenvalue weighted by Gasteiger charge is 2.49. The minimum Gasteiger partial charge on any atom is -0.480 e. The number of carbonyl (C=O) groups excluding carboxylic acids is 1. The average molecular weight is 394 g/mol. The molecule has 1 heterocycles. The first-order chi connectivity index (χ1) is 12.6. The van der Waals surface area contributed by atoms with Gasteiger partial charge in [0.1, 0.15) is 6.04 Å². The van der Waals surface area contributed by atoms with Gasteiger partial charge in [0, 0.05) is 25.2 Å². The van der Waals surface area contributed by atoms with Crippen LogP contribution in [-0.2, 0) is 14.8 Å². The highest BCUT2D eigenvalue weighted by Crippen LogP contribution is 2.42. The second-order valence-electron chi connectivity index (χ2n) is 7.74. The van der Waals surface area contributed by atoms with Crippen molar-refractivity contribution in [3.8, 4) is 0 Å². The van der Waals surface area contributed by atoms with E-state index in [1.807, 2.05) is 0 Å². The first-order valence-corrected chi connectivity index (χ1v) is 10.7. The number of carboxylic acid groups (broad SMARTS) is 1. The maximum Gasteiger partial charge on any atom is 0.326 e. The van der Waals surface area contributed by atoms with E-state index in [2.05, 4.69) is 0 Å². The Balaban J connectivity index is 1.91. The van der Waals surface area contributed by atoms with Gasteiger partial charge in [-0.25, -0.2) is 13.2 Å². The molecule has 1 N–H and O–H groups in total. The van der Waals surface area contributed by atoms with Gasteiger partial charge in [-0.1, -0.05) is 12.5 Å². The largest absolute Gasteiger partial charge is 0.480 e. The third-order valence-electron chi connectivity index (χ3n) is 5.89. The Labute approximate surface area is 160 Å². The van der Waals surface area contributed by atoms with Gasteiger partial charge in [0.25, 0.3) is 5.91 Å². The van der Waals surface area contributed by atoms with E-state index in [4.69, 9.17) is 0 Å². The van der Waals surface area contributed by atoms with Crippen molar-refractivity contribution in [2.45, 2.75) is 50.1 Å². The molecule has 1 aromatic rings. The number of benzene rings is 1. The van der Waals surface area contributed by atoms with E-state index in [1.54, 1.807) is 19.9 Å². The fourth-order valence-electron chi connectivity index (χ4n) is 4.23. The first kappa shape index (κ1) is 19.8. The van der Waals surface area contributed by atoms with Crippen molar-refractivity contribution >= 4 is 21.9 Å². The first-order valence-electron chi connectivity index (χ1n) is 9.26. The predicted octanol–water partition coefficient (Wildman–Crippen LogP) is 2.04. The molecule has 148 valence electrons. The number of amides is 1. The number of fused-ring (bicyclic) bond motifs is 1. The number of rotatable bonds is 5. The van der Waals surface area contributed by atoms with Crippen LogP contribution in [-0.4, -0.2) is 60.3 Å². The second kappa shape index (κ2) is 7.24. The lowest BCUT2D eigenvalue weighted by Gasteiger charge is -2.25. The van der Waals surface area contributed by atoms with Crippen molar-refractivity contribution in [2.24, 2.45) is 11.8 Å². The van der Waals surface area contributed by atoms with Crippen LogP contribution in [0.4, 0.5) is 0 Å². The van der Waals surface area contributed by atoms with Crippen molar-refractivity contribution in [3.05, 3.63) is 29.8 Å². The third-order valence-corrected chi connectivity index (χ3v) is 7.92. The Morgan fingerprint density at radius 3 is 2.59 bits per heavy atom. The van der Waals surface area contributed by atoms with Gasteiger partial charge in [0.2, 0.25) is 10.0 Å². The highest BCUT2D eigenvalue weighted by molar-refractivity contribution is 7.89. The fraction of sp³-hybridized carbons (Fsp3) is 0.579. The van der Waals surface area contributed by atoms with E-state index in [1.165, 1.54) is 34.5 Å². The van der Waals surface area contributed by atoms with Crippen LogP contribution in [0.5, 0.6) is 0 Å². The summed E-state index contributed by atoms with van der Waals surface area (Å²) in [5.74, 6) is -1.19. The summed E-state index contributed by atoms with van der Waals surface area (Å²) in [6.07, 6.45) is 2.75. The Morgan fingerprint density at radius 2 is 1.96 bits per heavy atom. The molecule has 27 heavy (non-hydrogen) atoms. The summed E-state index contributed by atoms with van der Waals surface area (Å²) in [4.78, 5) is 26.3. The van der Waals surface area contributed by atoms with Crippen LogP contribution < -0.4 is 0 Å². The van der Waals surface area contributed by atoms with Gasteiger partial charge in [-0.2, -0.15) is 4.31 Å². The normalized spacial score (nSPS) is 25.2. The minimum atomic E-state index is -3.72. The summed E-state index contributed by atoms with van der Waals surface area (Å²) in [5.41, 5.74) is 0.208. The lowest BCUT2D eigenvalue weighted by molar-refractivity contribution is -0.142. The van der Waals surface area contributed by atoms with E-state index in [0.717, 1.165) is 19.3 Å². The van der Waals surface area contributed by atoms with Gasteiger partial charge in [0.15, 0.2) is 0 Å². The molecular weight excluding hydrogens is 368 g/mol. The zero-order valence-electron chi connectivity index (χ0n) is 15.8. The summed E-state index contributed by atoms with van der Waals surface area (Å²) in [6, 6.07) is 4.83. The van der Waals surface area contributed by atoms with Gasteiger partial charge in [-0.05, 0) is 56.7 Å². The van der Waals surface area contributed by atoms with E-state index < -0.39 is 27.9 Å². The zero-order chi connectivity index (χ0) is 19.9. The molecule has 1 aliphatic carbocycles. The number of aliphatic carboxylic acids is 1. The predicted molar refractivity (Wildman–Crippen MR) is 99.8 cm³/mol. The molecule has 8 heteroatoms. The molecule has 1 aromatic carbocycles. The average Bonchev–Trinajstić information content (AvgIpc) is 3.20. The van der Waals surface area contributed by atoms with Gasteiger partial charge < -0.3 is 10.0 Å². The Kier molecular flexibility index (Phi) is 5.31. The van der Waals surface area contributed by atoms with Crippen LogP contribution in [0, 0.1) is 11.8 Å². The van der Waals surface area contributed by atoms with Crippen molar-refractivity contribution in [3.63, 3.8) is 0 Å². The molecule has 0 spiro atoms. The molecule has 0 aromatic heterocycles. The quantitative estimate of drug-likeness (QED) is 0.825. The van der Waals surface area contributed by atoms with Crippen molar-refractivity contribution in [2.75, 3.05) is 13.6 Å². The summed E-state index contributed by atoms with van der Waals surface area (Å²) in [7, 11) is -2.22. The second-order valence-corrected chi connectivity index (χ2v) is 9.74. The molecule has 2 aliphatic rings. The van der Waals surface area contributed by atoms with Crippen LogP contribution in [0.25, 0.3) is 0 Å². The molecule has 1 saturated carbocycles. The van der Waals surface area contributed by atoms with E-state index in [9.17, 15) is 23.1 Å². The fourth-order valence-corrected chi connectivity index (χ4v) is 5.64. The van der Waals surface area contributed by atoms with E-state index in [-0.39, 0.29) is 28.3 Å². The van der Waals surface area contributed by atoms with Crippen LogP contribution in [0.1, 0.15) is 43.5 Å². The minimum absolute atomic E-state index is 0.00885. The molecule has 1 amide bonds. The maximum absolute atomic E-state index is 13.0. The van der Waals surface area contributed by atoms with Gasteiger partial charge >= 0.3 is 5.97 Å². The summed E-state index contributed by atoms with van der Waals surface area (Å²) >= 11 is 0. The summed E-state index contributed by atoms with van der Waals surface area (Å²) in [5, 5.41) is 9.65. The monoisotopic (exact) mass is 394 g/mol. The number of likely N-dealkylation sites (tertiary alicyclic amines) is 1. The van der Waals surface area contributed by atoms with Gasteiger partial charge in [0.05, 0.1) is 4.90 Å². The molecule has 1 aliphatic heterocycles. The smallest absolute Gasteiger partial charge is 0.326 e. The van der Waals surface area contributed by atoms with Gasteiger partial charge in [-0.3, -0.25) is 4.79 Å². The van der Waals surface area contributed by atoms with Crippen LogP contribution in [0.2, 0.25) is 0 Å². The molecule has 3 atom stereocenters. The SMILES string of the molecule is CC(C)N(C)S(=O)(=O)c1cccc(C(=O)N2CC3CCCC3C2C(=O)O)c1. The molecule has 0 radical (unpaired) electrons. The lowest BCUT2D eigenvalue weighted by atomic mass is 9.94. The van der Waals surface area contributed by atoms with E-state index in [0.29, 0.717) is 6.54 Å². The van der Waals surface area contributed by atoms with Gasteiger partial charge in [-0.15, -0.1) is 0 Å². The maximum atomic E-state index is 13.0. The molecule has 0 bridgehead atoms. The highest BCUT2D eigenvalue weighted by atomic mass is 32.2. The molecular formula is C19H26N2O5S. The van der Waals surface area contributed by atoms with Crippen LogP contribution in [0.15, 0.2) is 29.2 Å². The van der Waals surface area contributed by atoms with Crippen molar-refractivity contribution in [1.82, 2.24) is 9.21 Å². The number of carbonyl (C=O) groups is 2. The molecule has 1 saturated heterocycles. The molecule has 2 fully saturated rings. The molecule has 3 rings (SSSR count). The van der Waals surface area contributed by atoms with Crippen molar-refractivity contribution in [1.29, 1.82) is 0 Å². The number of hydrogen-bond acceptors (Lipinski definition) is 4. The zero-order valence-corrected chi connectivity index (χ0v) is 16.6. The Morgan fingerprint density at radius 1 is 1.26 bits per heavy atom. The lowest BCUT2D eigenvalue weighted by Crippen LogP contribution is -2.43. The molecule has 3 unspecified atom stereocenters. The van der Waals surface area contributed by atoms with Crippen LogP contribution >= 0.6 is 0 Å². The number of hydrogen-bond donors (Lipinski definition) is 1. The topological polar surface area (TPSA) is 95.0 Å². The molecule has 7 nitrogen and oxygen atoms in total. The number of sulfonamides is 1. The Hall–Kier alpha value is -1.93.